The molecule has 1 saturated heterocycles. The normalized spacial score (nSPS) is 48.0. The Morgan fingerprint density at radius 1 is 1.04 bits per heavy atom. The highest BCUT2D eigenvalue weighted by Crippen LogP contribution is 2.50. The van der Waals surface area contributed by atoms with Gasteiger partial charge in [0.1, 0.15) is 30.0 Å². The molecular weight excluding hydrogens is 372 g/mol. The Kier molecular flexibility index (Phi) is 6.97. The Labute approximate surface area is 164 Å². The molecule has 2 aliphatic rings. The summed E-state index contributed by atoms with van der Waals surface area (Å²) in [6, 6.07) is 0. The van der Waals surface area contributed by atoms with Gasteiger partial charge in [-0.05, 0) is 20.3 Å². The van der Waals surface area contributed by atoms with Gasteiger partial charge in [0.25, 0.3) is 0 Å². The number of aliphatic hydroxyl groups is 7. The second-order valence-electron chi connectivity index (χ2n) is 8.88. The van der Waals surface area contributed by atoms with Crippen molar-refractivity contribution < 1.29 is 45.2 Å². The molecule has 1 aliphatic heterocycles. The van der Waals surface area contributed by atoms with Crippen molar-refractivity contribution in [1.82, 2.24) is 0 Å². The number of aliphatic hydroxyl groups excluding tert-OH is 5. The van der Waals surface area contributed by atoms with Gasteiger partial charge in [0.15, 0.2) is 6.29 Å². The maximum Gasteiger partial charge on any atom is 0.187 e. The Balaban J connectivity index is 2.13. The van der Waals surface area contributed by atoms with Gasteiger partial charge in [-0.25, -0.2) is 0 Å². The van der Waals surface area contributed by atoms with Crippen LogP contribution in [0.5, 0.6) is 0 Å². The van der Waals surface area contributed by atoms with Crippen LogP contribution in [0.3, 0.4) is 0 Å². The fourth-order valence-electron chi connectivity index (χ4n) is 4.28. The molecule has 2 fully saturated rings. The van der Waals surface area contributed by atoms with E-state index in [1.807, 2.05) is 0 Å². The maximum absolute atomic E-state index is 11.2. The maximum atomic E-state index is 11.2. The van der Waals surface area contributed by atoms with Crippen LogP contribution in [-0.4, -0.2) is 96.5 Å². The summed E-state index contributed by atoms with van der Waals surface area (Å²) < 4.78 is 10.9. The summed E-state index contributed by atoms with van der Waals surface area (Å²) >= 11 is 0. The van der Waals surface area contributed by atoms with Crippen LogP contribution in [-0.2, 0) is 9.47 Å². The van der Waals surface area contributed by atoms with Crippen LogP contribution in [0.15, 0.2) is 12.2 Å². The third-order valence-electron chi connectivity index (χ3n) is 6.04. The van der Waals surface area contributed by atoms with Gasteiger partial charge in [-0.2, -0.15) is 0 Å². The van der Waals surface area contributed by atoms with E-state index < -0.39 is 66.1 Å². The van der Waals surface area contributed by atoms with Crippen molar-refractivity contribution in [3.05, 3.63) is 12.2 Å². The zero-order valence-corrected chi connectivity index (χ0v) is 16.8. The minimum Gasteiger partial charge on any atom is -0.394 e. The van der Waals surface area contributed by atoms with Crippen molar-refractivity contribution >= 4 is 0 Å². The molecule has 0 bridgehead atoms. The molecule has 0 spiro atoms. The highest BCUT2D eigenvalue weighted by molar-refractivity contribution is 5.21. The van der Waals surface area contributed by atoms with E-state index in [9.17, 15) is 35.7 Å². The molecule has 0 aromatic rings. The van der Waals surface area contributed by atoms with Crippen LogP contribution in [0.4, 0.5) is 0 Å². The molecule has 2 rings (SSSR count). The molecule has 0 aromatic carbocycles. The van der Waals surface area contributed by atoms with Crippen LogP contribution >= 0.6 is 0 Å². The second-order valence-corrected chi connectivity index (χ2v) is 8.88. The summed E-state index contributed by atoms with van der Waals surface area (Å²) in [6.07, 6.45) is -5.14. The number of rotatable bonds is 5. The summed E-state index contributed by atoms with van der Waals surface area (Å²) in [6.45, 7) is 6.01. The minimum absolute atomic E-state index is 0.0131. The molecule has 0 amide bonds. The van der Waals surface area contributed by atoms with Gasteiger partial charge in [-0.15, -0.1) is 0 Å². The molecule has 28 heavy (non-hydrogen) atoms. The summed E-state index contributed by atoms with van der Waals surface area (Å²) in [5, 5.41) is 70.9. The number of ether oxygens (including phenoxy) is 2. The largest absolute Gasteiger partial charge is 0.394 e. The van der Waals surface area contributed by atoms with Crippen molar-refractivity contribution in [2.75, 3.05) is 6.61 Å². The first kappa shape index (κ1) is 23.7. The van der Waals surface area contributed by atoms with Crippen molar-refractivity contribution in [1.29, 1.82) is 0 Å². The first-order chi connectivity index (χ1) is 12.8. The van der Waals surface area contributed by atoms with Crippen molar-refractivity contribution in [2.45, 2.75) is 94.7 Å². The minimum atomic E-state index is -1.65. The average molecular weight is 406 g/mol. The summed E-state index contributed by atoms with van der Waals surface area (Å²) in [5.74, 6) is 0. The topological polar surface area (TPSA) is 160 Å². The molecule has 1 saturated carbocycles. The molecular formula is C19H34O9. The van der Waals surface area contributed by atoms with Crippen LogP contribution < -0.4 is 0 Å². The van der Waals surface area contributed by atoms with E-state index in [4.69, 9.17) is 9.47 Å². The fraction of sp³-hybridized carbons (Fsp3) is 0.895. The zero-order valence-electron chi connectivity index (χ0n) is 16.8. The van der Waals surface area contributed by atoms with Crippen molar-refractivity contribution in [3.8, 4) is 0 Å². The van der Waals surface area contributed by atoms with Gasteiger partial charge in [-0.1, -0.05) is 26.0 Å². The molecule has 7 N–H and O–H groups in total. The van der Waals surface area contributed by atoms with Gasteiger partial charge in [0.2, 0.25) is 0 Å². The van der Waals surface area contributed by atoms with E-state index in [2.05, 4.69) is 0 Å². The average Bonchev–Trinajstić information content (AvgIpc) is 2.57. The first-order valence-electron chi connectivity index (χ1n) is 9.54. The lowest BCUT2D eigenvalue weighted by Crippen LogP contribution is -2.65. The summed E-state index contributed by atoms with van der Waals surface area (Å²) in [4.78, 5) is 0. The van der Waals surface area contributed by atoms with E-state index in [0.29, 0.717) is 6.42 Å². The second kappa shape index (κ2) is 8.25. The molecule has 9 heteroatoms. The lowest BCUT2D eigenvalue weighted by Gasteiger charge is -2.55. The van der Waals surface area contributed by atoms with E-state index in [0.717, 1.165) is 0 Å². The smallest absolute Gasteiger partial charge is 0.187 e. The fourth-order valence-corrected chi connectivity index (χ4v) is 4.28. The van der Waals surface area contributed by atoms with Gasteiger partial charge in [0, 0.05) is 11.8 Å². The molecule has 164 valence electrons. The van der Waals surface area contributed by atoms with Crippen LogP contribution in [0, 0.1) is 5.41 Å². The van der Waals surface area contributed by atoms with Gasteiger partial charge in [-0.3, -0.25) is 0 Å². The zero-order chi connectivity index (χ0) is 21.5. The molecule has 0 aromatic heterocycles. The Morgan fingerprint density at radius 2 is 1.64 bits per heavy atom. The Bertz CT molecular complexity index is 542. The number of hydrogen-bond acceptors (Lipinski definition) is 9. The SMILES string of the molecule is C[C@@H](/C=C/[C@]1(O)C(C)(C)C[C@@H](O)C[C@]1(C)O)O[C@H]1O[C@@H](CO)[C@H](O)[C@@H](O)[C@@H]1O. The monoisotopic (exact) mass is 406 g/mol. The predicted molar refractivity (Wildman–Crippen MR) is 98.0 cm³/mol. The third-order valence-corrected chi connectivity index (χ3v) is 6.04. The molecule has 0 unspecified atom stereocenters. The molecule has 9 nitrogen and oxygen atoms in total. The third kappa shape index (κ3) is 4.28. The van der Waals surface area contributed by atoms with Gasteiger partial charge >= 0.3 is 0 Å². The highest BCUT2D eigenvalue weighted by Gasteiger charge is 2.58. The molecule has 1 heterocycles. The van der Waals surface area contributed by atoms with E-state index >= 15 is 0 Å². The standard InChI is InChI=1S/C19H34O9/c1-10(27-16-15(24)14(23)13(22)12(9-20)28-16)5-6-19(26)17(2,3)7-11(21)8-18(19,4)25/h5-6,10-16,20-26H,7-9H2,1-4H3/b6-5+/t10-,11+,12-,13-,14+,15-,16-,18-,19-/m0/s1. The van der Waals surface area contributed by atoms with Crippen LogP contribution in [0.25, 0.3) is 0 Å². The summed E-state index contributed by atoms with van der Waals surface area (Å²) in [5.41, 5.74) is -4.05. The number of hydrogen-bond donors (Lipinski definition) is 7. The van der Waals surface area contributed by atoms with E-state index in [-0.39, 0.29) is 6.42 Å². The Morgan fingerprint density at radius 3 is 2.18 bits per heavy atom. The van der Waals surface area contributed by atoms with Gasteiger partial charge in [0.05, 0.1) is 24.4 Å². The Hall–Kier alpha value is -0.620. The van der Waals surface area contributed by atoms with Crippen LogP contribution in [0.2, 0.25) is 0 Å². The van der Waals surface area contributed by atoms with Crippen molar-refractivity contribution in [3.63, 3.8) is 0 Å². The van der Waals surface area contributed by atoms with E-state index in [1.54, 1.807) is 20.8 Å². The van der Waals surface area contributed by atoms with Crippen LogP contribution in [0.1, 0.15) is 40.5 Å². The van der Waals surface area contributed by atoms with Crippen molar-refractivity contribution in [2.24, 2.45) is 5.41 Å². The lowest BCUT2D eigenvalue weighted by molar-refractivity contribution is -0.306. The predicted octanol–water partition coefficient (Wildman–Crippen LogP) is -1.59. The molecule has 0 radical (unpaired) electrons. The highest BCUT2D eigenvalue weighted by atomic mass is 16.7. The quantitative estimate of drug-likeness (QED) is 0.267. The molecule has 1 aliphatic carbocycles. The first-order valence-corrected chi connectivity index (χ1v) is 9.54. The van der Waals surface area contributed by atoms with E-state index in [1.165, 1.54) is 19.1 Å². The lowest BCUT2D eigenvalue weighted by atomic mass is 9.57. The summed E-state index contributed by atoms with van der Waals surface area (Å²) in [7, 11) is 0. The molecule has 9 atom stereocenters. The van der Waals surface area contributed by atoms with Gasteiger partial charge < -0.3 is 45.2 Å².